The minimum Gasteiger partial charge on any atom is -0.469 e. The zero-order chi connectivity index (χ0) is 21.6. The van der Waals surface area contributed by atoms with Crippen molar-refractivity contribution in [3.63, 3.8) is 0 Å². The van der Waals surface area contributed by atoms with E-state index in [1.807, 2.05) is 0 Å². The number of hydrogen-bond donors (Lipinski definition) is 3. The van der Waals surface area contributed by atoms with Crippen molar-refractivity contribution in [1.29, 1.82) is 0 Å². The Morgan fingerprint density at radius 3 is 2.50 bits per heavy atom. The van der Waals surface area contributed by atoms with Crippen LogP contribution in [0.15, 0.2) is 0 Å². The summed E-state index contributed by atoms with van der Waals surface area (Å²) in [5, 5.41) is 5.10. The molecule has 28 heavy (non-hydrogen) atoms. The fourth-order valence-electron chi connectivity index (χ4n) is 2.07. The third-order valence-corrected chi connectivity index (χ3v) is 4.89. The van der Waals surface area contributed by atoms with Gasteiger partial charge in [-0.1, -0.05) is 13.8 Å². The molecule has 0 radical (unpaired) electrons. The van der Waals surface area contributed by atoms with Crippen LogP contribution in [0.25, 0.3) is 0 Å². The molecule has 12 heteroatoms. The predicted molar refractivity (Wildman–Crippen MR) is 98.7 cm³/mol. The number of esters is 1. The lowest BCUT2D eigenvalue weighted by molar-refractivity contribution is -0.146. The summed E-state index contributed by atoms with van der Waals surface area (Å²) in [6.07, 6.45) is -1.84. The Kier molecular flexibility index (Phi) is 8.58. The van der Waals surface area contributed by atoms with Gasteiger partial charge >= 0.3 is 20.2 Å². The van der Waals surface area contributed by atoms with Gasteiger partial charge in [0.05, 0.1) is 13.5 Å². The SMILES string of the molecule is COC(=O)CCNC(=O)[C@@H]1O[P+](O)(OCOC(=O)NC(C)(C)C)OCC1(C)C. The molecule has 0 aliphatic carbocycles. The monoisotopic (exact) mass is 425 g/mol. The van der Waals surface area contributed by atoms with E-state index in [4.69, 9.17) is 18.3 Å². The van der Waals surface area contributed by atoms with Crippen LogP contribution >= 0.6 is 8.17 Å². The first kappa shape index (κ1) is 24.5. The van der Waals surface area contributed by atoms with E-state index in [0.717, 1.165) is 0 Å². The first-order valence-electron chi connectivity index (χ1n) is 8.67. The molecule has 1 rings (SSSR count). The zero-order valence-electron chi connectivity index (χ0n) is 17.1. The van der Waals surface area contributed by atoms with Gasteiger partial charge in [-0.05, 0) is 20.8 Å². The van der Waals surface area contributed by atoms with Crippen LogP contribution in [0.2, 0.25) is 0 Å². The second kappa shape index (κ2) is 9.80. The normalized spacial score (nSPS) is 24.2. The van der Waals surface area contributed by atoms with E-state index in [1.165, 1.54) is 7.11 Å². The summed E-state index contributed by atoms with van der Waals surface area (Å²) in [6, 6.07) is 0. The molecule has 11 nitrogen and oxygen atoms in total. The minimum atomic E-state index is -3.88. The Balaban J connectivity index is 2.59. The van der Waals surface area contributed by atoms with Gasteiger partial charge in [0.1, 0.15) is 6.61 Å². The number of methoxy groups -OCH3 is 1. The molecule has 3 N–H and O–H groups in total. The van der Waals surface area contributed by atoms with Crippen LogP contribution in [0.5, 0.6) is 0 Å². The quantitative estimate of drug-likeness (QED) is 0.312. The average molecular weight is 425 g/mol. The topological polar surface area (TPSA) is 142 Å². The molecule has 1 heterocycles. The highest BCUT2D eigenvalue weighted by Crippen LogP contribution is 2.63. The Hall–Kier alpha value is -1.52. The van der Waals surface area contributed by atoms with Gasteiger partial charge in [-0.2, -0.15) is 9.42 Å². The summed E-state index contributed by atoms with van der Waals surface area (Å²) in [7, 11) is -2.62. The van der Waals surface area contributed by atoms with Crippen LogP contribution in [0, 0.1) is 5.41 Å². The molecule has 1 aliphatic heterocycles. The molecule has 0 aromatic rings. The average Bonchev–Trinajstić information content (AvgIpc) is 2.55. The standard InChI is InChI=1S/C16H29N2O9P/c1-15(2,3)18-14(21)24-10-26-28(22)25-9-16(4,5)12(27-28)13(20)17-8-7-11(19)23-6/h12,22H,7-10H2,1-6H3,(H-,17,18,20,21)/p+1/t12-,28?/m0/s1. The van der Waals surface area contributed by atoms with Gasteiger partial charge in [0.15, 0.2) is 6.10 Å². The first-order chi connectivity index (χ1) is 12.8. The smallest absolute Gasteiger partial charge is 0.469 e. The van der Waals surface area contributed by atoms with Crippen LogP contribution in [-0.2, 0) is 32.6 Å². The lowest BCUT2D eigenvalue weighted by Crippen LogP contribution is -2.50. The maximum atomic E-state index is 12.4. The van der Waals surface area contributed by atoms with Gasteiger partial charge in [0, 0.05) is 17.5 Å². The second-order valence-electron chi connectivity index (χ2n) is 7.89. The molecule has 0 saturated carbocycles. The summed E-state index contributed by atoms with van der Waals surface area (Å²) >= 11 is 0. The molecule has 0 aromatic carbocycles. The largest absolute Gasteiger partial charge is 0.576 e. The molecule has 162 valence electrons. The van der Waals surface area contributed by atoms with Crippen LogP contribution in [0.4, 0.5) is 4.79 Å². The van der Waals surface area contributed by atoms with Crippen molar-refractivity contribution in [2.75, 3.05) is 27.1 Å². The summed E-state index contributed by atoms with van der Waals surface area (Å²) < 4.78 is 25.1. The van der Waals surface area contributed by atoms with Crippen LogP contribution in [0.1, 0.15) is 41.0 Å². The fourth-order valence-corrected chi connectivity index (χ4v) is 3.60. The molecule has 2 amide bonds. The third kappa shape index (κ3) is 8.24. The number of ether oxygens (including phenoxy) is 2. The van der Waals surface area contributed by atoms with E-state index in [9.17, 15) is 19.3 Å². The van der Waals surface area contributed by atoms with Gasteiger partial charge in [0.2, 0.25) is 6.79 Å². The van der Waals surface area contributed by atoms with E-state index >= 15 is 0 Å². The Morgan fingerprint density at radius 1 is 1.29 bits per heavy atom. The van der Waals surface area contributed by atoms with Gasteiger partial charge in [-0.15, -0.1) is 9.05 Å². The number of amides is 2. The highest BCUT2D eigenvalue weighted by atomic mass is 31.2. The number of carbonyl (C=O) groups is 3. The maximum absolute atomic E-state index is 12.4. The molecule has 0 spiro atoms. The predicted octanol–water partition coefficient (Wildman–Crippen LogP) is 1.28. The van der Waals surface area contributed by atoms with Crippen molar-refractivity contribution < 1.29 is 42.3 Å². The maximum Gasteiger partial charge on any atom is 0.576 e. The molecule has 1 saturated heterocycles. The van der Waals surface area contributed by atoms with Gasteiger partial charge in [0.25, 0.3) is 5.91 Å². The number of alkyl carbamates (subject to hydrolysis) is 1. The summed E-state index contributed by atoms with van der Waals surface area (Å²) in [4.78, 5) is 45.6. The van der Waals surface area contributed by atoms with Gasteiger partial charge in [-0.25, -0.2) is 4.79 Å². The molecular weight excluding hydrogens is 395 g/mol. The lowest BCUT2D eigenvalue weighted by Gasteiger charge is -2.36. The molecule has 0 bridgehead atoms. The Bertz CT molecular complexity index is 579. The number of carbonyl (C=O) groups excluding carboxylic acids is 3. The van der Waals surface area contributed by atoms with E-state index in [-0.39, 0.29) is 19.6 Å². The highest BCUT2D eigenvalue weighted by molar-refractivity contribution is 7.55. The summed E-state index contributed by atoms with van der Waals surface area (Å²) in [5.41, 5.74) is -1.27. The third-order valence-electron chi connectivity index (χ3n) is 3.53. The van der Waals surface area contributed by atoms with Crippen molar-refractivity contribution in [1.82, 2.24) is 10.6 Å². The Morgan fingerprint density at radius 2 is 1.93 bits per heavy atom. The van der Waals surface area contributed by atoms with Crippen molar-refractivity contribution in [2.45, 2.75) is 52.7 Å². The van der Waals surface area contributed by atoms with Crippen molar-refractivity contribution in [2.24, 2.45) is 5.41 Å². The summed E-state index contributed by atoms with van der Waals surface area (Å²) in [5.74, 6) is -1.00. The number of rotatable bonds is 7. The van der Waals surface area contributed by atoms with Crippen molar-refractivity contribution in [3.8, 4) is 0 Å². The van der Waals surface area contributed by atoms with Gasteiger partial charge in [-0.3, -0.25) is 9.59 Å². The van der Waals surface area contributed by atoms with E-state index < -0.39 is 50.0 Å². The minimum absolute atomic E-state index is 0.00146. The summed E-state index contributed by atoms with van der Waals surface area (Å²) in [6.45, 7) is 8.15. The lowest BCUT2D eigenvalue weighted by atomic mass is 9.87. The van der Waals surface area contributed by atoms with Crippen LogP contribution in [-0.4, -0.2) is 61.6 Å². The zero-order valence-corrected chi connectivity index (χ0v) is 18.0. The van der Waals surface area contributed by atoms with Crippen LogP contribution < -0.4 is 10.6 Å². The Labute approximate surface area is 165 Å². The first-order valence-corrected chi connectivity index (χ1v) is 10.2. The molecular formula is C16H30N2O9P+. The molecule has 1 unspecified atom stereocenters. The molecule has 0 aromatic heterocycles. The van der Waals surface area contributed by atoms with E-state index in [1.54, 1.807) is 34.6 Å². The highest BCUT2D eigenvalue weighted by Gasteiger charge is 2.59. The molecule has 1 fully saturated rings. The van der Waals surface area contributed by atoms with Crippen LogP contribution in [0.3, 0.4) is 0 Å². The second-order valence-corrected chi connectivity index (χ2v) is 9.55. The molecule has 2 atom stereocenters. The molecule has 1 aliphatic rings. The van der Waals surface area contributed by atoms with E-state index in [0.29, 0.717) is 0 Å². The fraction of sp³-hybridized carbons (Fsp3) is 0.812. The number of nitrogens with one attached hydrogen (secondary N) is 2. The number of hydrogen-bond acceptors (Lipinski definition) is 9. The van der Waals surface area contributed by atoms with Crippen molar-refractivity contribution >= 4 is 26.1 Å². The van der Waals surface area contributed by atoms with Gasteiger partial charge < -0.3 is 20.1 Å². The van der Waals surface area contributed by atoms with E-state index in [2.05, 4.69) is 15.4 Å². The van der Waals surface area contributed by atoms with Crippen molar-refractivity contribution in [3.05, 3.63) is 0 Å².